The van der Waals surface area contributed by atoms with Crippen molar-refractivity contribution in [2.24, 2.45) is 35.5 Å². The molecule has 0 heteroatoms. The van der Waals surface area contributed by atoms with E-state index in [-0.39, 0.29) is 0 Å². The van der Waals surface area contributed by atoms with E-state index >= 15 is 0 Å². The van der Waals surface area contributed by atoms with Crippen LogP contribution in [-0.2, 0) is 0 Å². The van der Waals surface area contributed by atoms with Gasteiger partial charge in [0.25, 0.3) is 0 Å². The molecule has 0 amide bonds. The lowest BCUT2D eigenvalue weighted by atomic mass is 9.71. The minimum atomic E-state index is 0.924. The summed E-state index contributed by atoms with van der Waals surface area (Å²) in [6.07, 6.45) is 8.89. The second-order valence-corrected chi connectivity index (χ2v) is 7.84. The molecule has 0 saturated heterocycles. The normalized spacial score (nSPS) is 30.0. The lowest BCUT2D eigenvalue weighted by Gasteiger charge is -2.35. The Morgan fingerprint density at radius 3 is 1.14 bits per heavy atom. The molecule has 22 heavy (non-hydrogen) atoms. The summed E-state index contributed by atoms with van der Waals surface area (Å²) in [5.74, 6) is 6.00. The predicted octanol–water partition coefficient (Wildman–Crippen LogP) is 8.21. The first-order chi connectivity index (χ1) is 10.4. The summed E-state index contributed by atoms with van der Waals surface area (Å²) in [6, 6.07) is 0. The molecule has 0 radical (unpaired) electrons. The van der Waals surface area contributed by atoms with Crippen molar-refractivity contribution in [2.45, 2.75) is 108 Å². The Kier molecular flexibility index (Phi) is 16.1. The zero-order chi connectivity index (χ0) is 17.7. The van der Waals surface area contributed by atoms with Crippen LogP contribution in [0.2, 0.25) is 0 Å². The van der Waals surface area contributed by atoms with Crippen molar-refractivity contribution >= 4 is 0 Å². The second kappa shape index (κ2) is 14.6. The minimum absolute atomic E-state index is 0.924. The third-order valence-electron chi connectivity index (χ3n) is 5.36. The van der Waals surface area contributed by atoms with Crippen LogP contribution in [0.25, 0.3) is 0 Å². The van der Waals surface area contributed by atoms with Crippen LogP contribution in [0.5, 0.6) is 0 Å². The molecule has 0 aromatic heterocycles. The van der Waals surface area contributed by atoms with Crippen LogP contribution < -0.4 is 0 Å². The highest BCUT2D eigenvalue weighted by atomic mass is 14.3. The van der Waals surface area contributed by atoms with Gasteiger partial charge in [0.1, 0.15) is 0 Å². The maximum absolute atomic E-state index is 2.39. The first-order valence-electron chi connectivity index (χ1n) is 10.4. The second-order valence-electron chi connectivity index (χ2n) is 7.84. The van der Waals surface area contributed by atoms with Crippen LogP contribution in [-0.4, -0.2) is 0 Å². The maximum Gasteiger partial charge on any atom is -0.0386 e. The first kappa shape index (κ1) is 24.3. The number of hydrogen-bond acceptors (Lipinski definition) is 0. The molecule has 136 valence electrons. The summed E-state index contributed by atoms with van der Waals surface area (Å²) in [6.45, 7) is 22.1. The van der Waals surface area contributed by atoms with E-state index in [1.54, 1.807) is 0 Å². The molecule has 0 heterocycles. The highest BCUT2D eigenvalue weighted by Crippen LogP contribution is 2.37. The van der Waals surface area contributed by atoms with Crippen LogP contribution in [0.1, 0.15) is 108 Å². The molecule has 0 aromatic rings. The SMILES string of the molecule is CC.CC.CC1CC(C(C)C)C1.CC1CCC(C(C)C)CC1. The van der Waals surface area contributed by atoms with Crippen LogP contribution in [0.15, 0.2) is 0 Å². The monoisotopic (exact) mass is 312 g/mol. The van der Waals surface area contributed by atoms with Crippen molar-refractivity contribution in [3.63, 3.8) is 0 Å². The van der Waals surface area contributed by atoms with E-state index < -0.39 is 0 Å². The summed E-state index contributed by atoms with van der Waals surface area (Å²) >= 11 is 0. The summed E-state index contributed by atoms with van der Waals surface area (Å²) in [5, 5.41) is 0. The number of hydrogen-bond donors (Lipinski definition) is 0. The quantitative estimate of drug-likeness (QED) is 0.482. The molecule has 0 aliphatic heterocycles. The van der Waals surface area contributed by atoms with E-state index in [0.29, 0.717) is 0 Å². The van der Waals surface area contributed by atoms with Gasteiger partial charge in [-0.3, -0.25) is 0 Å². The van der Waals surface area contributed by atoms with E-state index in [4.69, 9.17) is 0 Å². The predicted molar refractivity (Wildman–Crippen MR) is 105 cm³/mol. The fraction of sp³-hybridized carbons (Fsp3) is 1.00. The van der Waals surface area contributed by atoms with Gasteiger partial charge < -0.3 is 0 Å². The summed E-state index contributed by atoms with van der Waals surface area (Å²) in [7, 11) is 0. The standard InChI is InChI=1S/C10H20.C8H16.2C2H6/c1-8(2)10-6-4-9(3)5-7-10;1-6(2)8-4-7(3)5-8;2*1-2/h8-10H,4-7H2,1-3H3;6-8H,4-5H2,1-3H3;2*1-2H3. The van der Waals surface area contributed by atoms with Crippen molar-refractivity contribution in [3.8, 4) is 0 Å². The summed E-state index contributed by atoms with van der Waals surface area (Å²) < 4.78 is 0. The van der Waals surface area contributed by atoms with Crippen LogP contribution in [0, 0.1) is 35.5 Å². The Hall–Kier alpha value is 0. The van der Waals surface area contributed by atoms with Crippen molar-refractivity contribution in [2.75, 3.05) is 0 Å². The molecule has 0 aromatic carbocycles. The molecule has 2 aliphatic carbocycles. The molecule has 0 N–H and O–H groups in total. The Morgan fingerprint density at radius 2 is 0.909 bits per heavy atom. The van der Waals surface area contributed by atoms with Crippen LogP contribution >= 0.6 is 0 Å². The highest BCUT2D eigenvalue weighted by Gasteiger charge is 2.27. The average molecular weight is 313 g/mol. The summed E-state index contributed by atoms with van der Waals surface area (Å²) in [5.41, 5.74) is 0. The van der Waals surface area contributed by atoms with Gasteiger partial charge in [-0.05, 0) is 61.2 Å². The first-order valence-corrected chi connectivity index (χ1v) is 10.4. The largest absolute Gasteiger partial charge is 0.0683 e. The molecule has 0 nitrogen and oxygen atoms in total. The average Bonchev–Trinajstić information content (AvgIpc) is 2.49. The van der Waals surface area contributed by atoms with Gasteiger partial charge in [-0.2, -0.15) is 0 Å². The molecule has 2 fully saturated rings. The van der Waals surface area contributed by atoms with Crippen molar-refractivity contribution in [1.82, 2.24) is 0 Å². The van der Waals surface area contributed by atoms with E-state index in [2.05, 4.69) is 41.5 Å². The van der Waals surface area contributed by atoms with Crippen molar-refractivity contribution in [3.05, 3.63) is 0 Å². The van der Waals surface area contributed by atoms with Crippen molar-refractivity contribution < 1.29 is 0 Å². The smallest absolute Gasteiger partial charge is 0.0386 e. The maximum atomic E-state index is 2.39. The molecule has 0 bridgehead atoms. The molecular formula is C22H48. The van der Waals surface area contributed by atoms with Gasteiger partial charge in [-0.1, -0.05) is 82.1 Å². The molecular weight excluding hydrogens is 264 g/mol. The van der Waals surface area contributed by atoms with E-state index in [9.17, 15) is 0 Å². The van der Waals surface area contributed by atoms with Crippen LogP contribution in [0.4, 0.5) is 0 Å². The zero-order valence-electron chi connectivity index (χ0n) is 17.7. The van der Waals surface area contributed by atoms with Gasteiger partial charge in [-0.15, -0.1) is 0 Å². The molecule has 0 spiro atoms. The van der Waals surface area contributed by atoms with Crippen molar-refractivity contribution in [1.29, 1.82) is 0 Å². The topological polar surface area (TPSA) is 0 Å². The zero-order valence-corrected chi connectivity index (χ0v) is 17.7. The Morgan fingerprint density at radius 1 is 0.545 bits per heavy atom. The fourth-order valence-electron chi connectivity index (χ4n) is 3.46. The van der Waals surface area contributed by atoms with E-state index in [1.807, 2.05) is 27.7 Å². The molecule has 2 rings (SSSR count). The Labute approximate surface area is 143 Å². The van der Waals surface area contributed by atoms with Gasteiger partial charge in [0.2, 0.25) is 0 Å². The lowest BCUT2D eigenvalue weighted by Crippen LogP contribution is -2.25. The lowest BCUT2D eigenvalue weighted by molar-refractivity contribution is 0.156. The van der Waals surface area contributed by atoms with E-state index in [1.165, 1.54) is 38.5 Å². The van der Waals surface area contributed by atoms with Gasteiger partial charge in [0.15, 0.2) is 0 Å². The van der Waals surface area contributed by atoms with Gasteiger partial charge in [0.05, 0.1) is 0 Å². The molecule has 0 atom stereocenters. The minimum Gasteiger partial charge on any atom is -0.0683 e. The Balaban J connectivity index is 0. The van der Waals surface area contributed by atoms with Crippen LogP contribution in [0.3, 0.4) is 0 Å². The third-order valence-corrected chi connectivity index (χ3v) is 5.36. The van der Waals surface area contributed by atoms with Gasteiger partial charge in [-0.25, -0.2) is 0 Å². The molecule has 2 aliphatic rings. The molecule has 0 unspecified atom stereocenters. The highest BCUT2D eigenvalue weighted by molar-refractivity contribution is 4.77. The number of rotatable bonds is 2. The Bertz CT molecular complexity index is 202. The van der Waals surface area contributed by atoms with Gasteiger partial charge in [0, 0.05) is 0 Å². The van der Waals surface area contributed by atoms with E-state index in [0.717, 1.165) is 35.5 Å². The summed E-state index contributed by atoms with van der Waals surface area (Å²) in [4.78, 5) is 0. The fourth-order valence-corrected chi connectivity index (χ4v) is 3.46. The molecule has 2 saturated carbocycles. The van der Waals surface area contributed by atoms with Gasteiger partial charge >= 0.3 is 0 Å². The third kappa shape index (κ3) is 10.7.